The van der Waals surface area contributed by atoms with Gasteiger partial charge < -0.3 is 10.1 Å². The Bertz CT molecular complexity index is 524. The van der Waals surface area contributed by atoms with Crippen LogP contribution >= 0.6 is 35.4 Å². The van der Waals surface area contributed by atoms with Gasteiger partial charge in [-0.3, -0.25) is 5.43 Å². The lowest BCUT2D eigenvalue weighted by Gasteiger charge is -2.13. The number of thiocarbonyl (C=S) groups is 1. The predicted molar refractivity (Wildman–Crippen MR) is 93.8 cm³/mol. The smallest absolute Gasteiger partial charge is 0.187 e. The Morgan fingerprint density at radius 2 is 2.05 bits per heavy atom. The molecule has 7 heteroatoms. The van der Waals surface area contributed by atoms with Gasteiger partial charge in [0.05, 0.1) is 22.4 Å². The maximum absolute atomic E-state index is 6.15. The van der Waals surface area contributed by atoms with Gasteiger partial charge in [-0.2, -0.15) is 5.10 Å². The van der Waals surface area contributed by atoms with Crippen molar-refractivity contribution in [3.63, 3.8) is 0 Å². The molecule has 21 heavy (non-hydrogen) atoms. The van der Waals surface area contributed by atoms with Gasteiger partial charge in [-0.1, -0.05) is 29.3 Å². The van der Waals surface area contributed by atoms with Gasteiger partial charge in [0.15, 0.2) is 10.9 Å². The minimum absolute atomic E-state index is 0.00510. The molecular formula is C14H17Cl2N3OS. The highest BCUT2D eigenvalue weighted by Gasteiger charge is 2.10. The normalized spacial score (nSPS) is 10.7. The van der Waals surface area contributed by atoms with Gasteiger partial charge in [0.2, 0.25) is 0 Å². The van der Waals surface area contributed by atoms with E-state index >= 15 is 0 Å². The molecule has 0 bridgehead atoms. The van der Waals surface area contributed by atoms with E-state index in [9.17, 15) is 0 Å². The van der Waals surface area contributed by atoms with Crippen LogP contribution in [0.2, 0.25) is 10.0 Å². The molecule has 0 saturated carbocycles. The summed E-state index contributed by atoms with van der Waals surface area (Å²) >= 11 is 17.3. The highest BCUT2D eigenvalue weighted by Crippen LogP contribution is 2.34. The summed E-state index contributed by atoms with van der Waals surface area (Å²) in [5.74, 6) is 0.474. The van der Waals surface area contributed by atoms with E-state index in [1.165, 1.54) is 0 Å². The van der Waals surface area contributed by atoms with Crippen LogP contribution in [0.25, 0.3) is 0 Å². The third-order valence-corrected chi connectivity index (χ3v) is 2.96. The summed E-state index contributed by atoms with van der Waals surface area (Å²) in [4.78, 5) is 0. The van der Waals surface area contributed by atoms with Gasteiger partial charge >= 0.3 is 0 Å². The van der Waals surface area contributed by atoms with E-state index in [1.807, 2.05) is 13.8 Å². The molecule has 0 saturated heterocycles. The zero-order valence-corrected chi connectivity index (χ0v) is 14.1. The van der Waals surface area contributed by atoms with Crippen LogP contribution in [0.3, 0.4) is 0 Å². The lowest BCUT2D eigenvalue weighted by Crippen LogP contribution is -2.31. The number of halogens is 2. The fourth-order valence-corrected chi connectivity index (χ4v) is 2.10. The van der Waals surface area contributed by atoms with E-state index in [2.05, 4.69) is 22.4 Å². The van der Waals surface area contributed by atoms with Gasteiger partial charge in [0.25, 0.3) is 0 Å². The first-order valence-electron chi connectivity index (χ1n) is 6.27. The summed E-state index contributed by atoms with van der Waals surface area (Å²) in [7, 11) is 0. The van der Waals surface area contributed by atoms with Crippen LogP contribution in [-0.2, 0) is 0 Å². The van der Waals surface area contributed by atoms with Crippen LogP contribution in [0, 0.1) is 0 Å². The van der Waals surface area contributed by atoms with Gasteiger partial charge in [-0.25, -0.2) is 0 Å². The van der Waals surface area contributed by atoms with Gasteiger partial charge in [-0.15, -0.1) is 6.58 Å². The van der Waals surface area contributed by atoms with Crippen LogP contribution in [0.1, 0.15) is 19.4 Å². The molecule has 0 aliphatic carbocycles. The first-order valence-corrected chi connectivity index (χ1v) is 7.44. The van der Waals surface area contributed by atoms with Crippen LogP contribution < -0.4 is 15.5 Å². The van der Waals surface area contributed by atoms with Gasteiger partial charge in [0.1, 0.15) is 0 Å². The third-order valence-electron chi connectivity index (χ3n) is 2.16. The predicted octanol–water partition coefficient (Wildman–Crippen LogP) is 3.76. The molecule has 1 aromatic carbocycles. The van der Waals surface area contributed by atoms with E-state index < -0.39 is 0 Å². The third kappa shape index (κ3) is 6.33. The van der Waals surface area contributed by atoms with Crippen molar-refractivity contribution in [2.75, 3.05) is 6.54 Å². The Kier molecular flexibility index (Phi) is 7.50. The van der Waals surface area contributed by atoms with Crippen LogP contribution in [0.5, 0.6) is 5.75 Å². The van der Waals surface area contributed by atoms with Crippen LogP contribution in [-0.4, -0.2) is 24.0 Å². The molecule has 0 spiro atoms. The Morgan fingerprint density at radius 1 is 1.43 bits per heavy atom. The SMILES string of the molecule is C=CCNC(=S)N/N=C/c1cc(Cl)c(OC(C)C)c(Cl)c1. The molecule has 2 N–H and O–H groups in total. The maximum Gasteiger partial charge on any atom is 0.187 e. The average Bonchev–Trinajstić information content (AvgIpc) is 2.40. The molecule has 0 amide bonds. The molecule has 114 valence electrons. The number of hydrogen-bond donors (Lipinski definition) is 2. The van der Waals surface area contributed by atoms with Crippen molar-refractivity contribution >= 4 is 46.7 Å². The number of hydrazone groups is 1. The van der Waals surface area contributed by atoms with E-state index in [0.717, 1.165) is 5.56 Å². The topological polar surface area (TPSA) is 45.7 Å². The summed E-state index contributed by atoms with van der Waals surface area (Å²) in [6.45, 7) is 7.96. The first-order chi connectivity index (χ1) is 9.93. The molecule has 0 atom stereocenters. The molecule has 0 aliphatic rings. The van der Waals surface area contributed by atoms with Crippen molar-refractivity contribution in [2.45, 2.75) is 20.0 Å². The zero-order valence-electron chi connectivity index (χ0n) is 11.8. The number of nitrogens with one attached hydrogen (secondary N) is 2. The van der Waals surface area contributed by atoms with Crippen molar-refractivity contribution < 1.29 is 4.74 Å². The number of ether oxygens (including phenoxy) is 1. The molecule has 0 heterocycles. The van der Waals surface area contributed by atoms with Crippen LogP contribution in [0.15, 0.2) is 29.9 Å². The van der Waals surface area contributed by atoms with Gasteiger partial charge in [0, 0.05) is 6.54 Å². The van der Waals surface area contributed by atoms with E-state index in [4.69, 9.17) is 40.2 Å². The molecule has 1 rings (SSSR count). The maximum atomic E-state index is 6.15. The molecule has 0 aromatic heterocycles. The fraction of sp³-hybridized carbons (Fsp3) is 0.286. The molecule has 4 nitrogen and oxygen atoms in total. The molecule has 0 fully saturated rings. The number of rotatable bonds is 6. The summed E-state index contributed by atoms with van der Waals surface area (Å²) in [5, 5.41) is 8.16. The summed E-state index contributed by atoms with van der Waals surface area (Å²) < 4.78 is 5.55. The summed E-state index contributed by atoms with van der Waals surface area (Å²) in [6, 6.07) is 3.44. The van der Waals surface area contributed by atoms with E-state index in [0.29, 0.717) is 27.5 Å². The number of hydrogen-bond acceptors (Lipinski definition) is 3. The molecule has 0 unspecified atom stereocenters. The second-order valence-corrected chi connectivity index (χ2v) is 5.57. The fourth-order valence-electron chi connectivity index (χ4n) is 1.37. The second-order valence-electron chi connectivity index (χ2n) is 4.35. The second kappa shape index (κ2) is 8.87. The van der Waals surface area contributed by atoms with E-state index in [-0.39, 0.29) is 6.10 Å². The Morgan fingerprint density at radius 3 is 2.57 bits per heavy atom. The van der Waals surface area contributed by atoms with Crippen molar-refractivity contribution in [3.05, 3.63) is 40.4 Å². The van der Waals surface area contributed by atoms with Crippen molar-refractivity contribution in [3.8, 4) is 5.75 Å². The average molecular weight is 346 g/mol. The lowest BCUT2D eigenvalue weighted by atomic mass is 10.2. The van der Waals surface area contributed by atoms with Crippen molar-refractivity contribution in [1.82, 2.24) is 10.7 Å². The van der Waals surface area contributed by atoms with Crippen molar-refractivity contribution in [2.24, 2.45) is 5.10 Å². The highest BCUT2D eigenvalue weighted by molar-refractivity contribution is 7.80. The molecule has 0 aliphatic heterocycles. The summed E-state index contributed by atoms with van der Waals surface area (Å²) in [6.07, 6.45) is 3.26. The molecule has 1 aromatic rings. The highest BCUT2D eigenvalue weighted by atomic mass is 35.5. The molecule has 0 radical (unpaired) electrons. The number of nitrogens with zero attached hydrogens (tertiary/aromatic N) is 1. The summed E-state index contributed by atoms with van der Waals surface area (Å²) in [5.41, 5.74) is 3.41. The lowest BCUT2D eigenvalue weighted by molar-refractivity contribution is 0.243. The minimum atomic E-state index is -0.00510. The standard InChI is InChI=1S/C14H17Cl2N3OS/c1-4-5-17-14(21)19-18-8-10-6-11(15)13(12(16)7-10)20-9(2)3/h4,6-9H,1,5H2,2-3H3,(H2,17,19,21)/b18-8+. The number of benzene rings is 1. The Hall–Kier alpha value is -1.30. The van der Waals surface area contributed by atoms with Crippen LogP contribution in [0.4, 0.5) is 0 Å². The minimum Gasteiger partial charge on any atom is -0.488 e. The molecular weight excluding hydrogens is 329 g/mol. The largest absolute Gasteiger partial charge is 0.488 e. The monoisotopic (exact) mass is 345 g/mol. The first kappa shape index (κ1) is 17.8. The Balaban J connectivity index is 2.72. The zero-order chi connectivity index (χ0) is 15.8. The van der Waals surface area contributed by atoms with Gasteiger partial charge in [-0.05, 0) is 43.8 Å². The van der Waals surface area contributed by atoms with Crippen molar-refractivity contribution in [1.29, 1.82) is 0 Å². The van der Waals surface area contributed by atoms with E-state index in [1.54, 1.807) is 24.4 Å². The Labute approximate surface area is 140 Å². The quantitative estimate of drug-likeness (QED) is 0.356.